The molecule has 0 atom stereocenters. The Kier molecular flexibility index (Phi) is 3.52. The number of nitrogens with zero attached hydrogens (tertiary/aromatic N) is 1. The molecule has 2 aromatic rings. The number of aromatic nitrogens is 1. The van der Waals surface area contributed by atoms with Crippen molar-refractivity contribution in [3.8, 4) is 17.0 Å². The fourth-order valence-corrected chi connectivity index (χ4v) is 2.57. The number of aryl methyl sites for hydroxylation is 1. The molecule has 1 aromatic heterocycles. The molecular formula is C17H15NO3. The Hall–Kier alpha value is -2.49. The van der Waals surface area contributed by atoms with Crippen LogP contribution in [0.5, 0.6) is 5.75 Å². The van der Waals surface area contributed by atoms with E-state index in [9.17, 15) is 9.59 Å². The topological polar surface area (TPSA) is 56.3 Å². The van der Waals surface area contributed by atoms with Crippen LogP contribution in [0.1, 0.15) is 35.8 Å². The number of Topliss-reactive ketones (excluding diaryl/α,β-unsaturated/α-hetero) is 1. The normalized spacial score (nSPS) is 13.7. The molecule has 0 N–H and O–H groups in total. The monoisotopic (exact) mass is 281 g/mol. The lowest BCUT2D eigenvalue weighted by molar-refractivity contribution is -0.131. The van der Waals surface area contributed by atoms with Crippen molar-refractivity contribution in [1.29, 1.82) is 0 Å². The van der Waals surface area contributed by atoms with Gasteiger partial charge in [0.15, 0.2) is 5.78 Å². The van der Waals surface area contributed by atoms with E-state index in [2.05, 4.69) is 4.98 Å². The summed E-state index contributed by atoms with van der Waals surface area (Å²) in [5.74, 6) is 0.277. The van der Waals surface area contributed by atoms with Crippen LogP contribution in [0.3, 0.4) is 0 Å². The molecule has 1 aromatic carbocycles. The van der Waals surface area contributed by atoms with Crippen LogP contribution >= 0.6 is 0 Å². The van der Waals surface area contributed by atoms with Gasteiger partial charge in [-0.3, -0.25) is 14.6 Å². The van der Waals surface area contributed by atoms with Crippen molar-refractivity contribution >= 4 is 11.8 Å². The van der Waals surface area contributed by atoms with Crippen LogP contribution < -0.4 is 4.74 Å². The second-order valence-electron chi connectivity index (χ2n) is 5.06. The lowest BCUT2D eigenvalue weighted by Crippen LogP contribution is -2.12. The summed E-state index contributed by atoms with van der Waals surface area (Å²) in [7, 11) is 0. The summed E-state index contributed by atoms with van der Waals surface area (Å²) in [5.41, 5.74) is 3.03. The number of ether oxygens (including phenoxy) is 1. The van der Waals surface area contributed by atoms with Crippen molar-refractivity contribution in [2.45, 2.75) is 26.2 Å². The number of esters is 1. The minimum Gasteiger partial charge on any atom is -0.426 e. The third-order valence-corrected chi connectivity index (χ3v) is 3.51. The maximum Gasteiger partial charge on any atom is 0.308 e. The number of rotatable bonds is 2. The first-order valence-corrected chi connectivity index (χ1v) is 6.96. The van der Waals surface area contributed by atoms with E-state index in [4.69, 9.17) is 4.74 Å². The first kappa shape index (κ1) is 13.5. The average molecular weight is 281 g/mol. The van der Waals surface area contributed by atoms with E-state index in [1.165, 1.54) is 6.92 Å². The van der Waals surface area contributed by atoms with Crippen LogP contribution in [-0.2, 0) is 11.2 Å². The SMILES string of the molecule is CC(=O)Oc1ccccc1-c1ccc2c(n1)CCCC2=O. The van der Waals surface area contributed by atoms with Crippen LogP contribution in [0.15, 0.2) is 36.4 Å². The summed E-state index contributed by atoms with van der Waals surface area (Å²) in [4.78, 5) is 27.6. The summed E-state index contributed by atoms with van der Waals surface area (Å²) in [6, 6.07) is 10.9. The molecule has 4 nitrogen and oxygen atoms in total. The zero-order valence-corrected chi connectivity index (χ0v) is 11.8. The Morgan fingerprint density at radius 1 is 1.10 bits per heavy atom. The molecule has 106 valence electrons. The standard InChI is InChI=1S/C17H15NO3/c1-11(19)21-17-8-3-2-5-13(17)15-10-9-12-14(18-15)6-4-7-16(12)20/h2-3,5,8-10H,4,6-7H2,1H3. The maximum atomic E-state index is 11.8. The number of ketones is 1. The Labute approximate surface area is 122 Å². The molecule has 0 spiro atoms. The van der Waals surface area contributed by atoms with Crippen LogP contribution in [0.25, 0.3) is 11.3 Å². The summed E-state index contributed by atoms with van der Waals surface area (Å²) >= 11 is 0. The fourth-order valence-electron chi connectivity index (χ4n) is 2.57. The van der Waals surface area contributed by atoms with Crippen molar-refractivity contribution in [3.63, 3.8) is 0 Å². The van der Waals surface area contributed by atoms with Crippen molar-refractivity contribution in [2.75, 3.05) is 0 Å². The van der Waals surface area contributed by atoms with Crippen molar-refractivity contribution in [3.05, 3.63) is 47.7 Å². The first-order chi connectivity index (χ1) is 10.1. The zero-order valence-electron chi connectivity index (χ0n) is 11.8. The number of hydrogen-bond acceptors (Lipinski definition) is 4. The molecule has 0 unspecified atom stereocenters. The van der Waals surface area contributed by atoms with Gasteiger partial charge in [-0.25, -0.2) is 0 Å². The van der Waals surface area contributed by atoms with Gasteiger partial charge in [0, 0.05) is 24.5 Å². The van der Waals surface area contributed by atoms with Crippen LogP contribution in [0.4, 0.5) is 0 Å². The molecule has 1 heterocycles. The Balaban J connectivity index is 2.05. The summed E-state index contributed by atoms with van der Waals surface area (Å²) in [5, 5.41) is 0. The van der Waals surface area contributed by atoms with Crippen molar-refractivity contribution in [1.82, 2.24) is 4.98 Å². The van der Waals surface area contributed by atoms with Gasteiger partial charge in [-0.1, -0.05) is 12.1 Å². The summed E-state index contributed by atoms with van der Waals surface area (Å²) in [6.45, 7) is 1.37. The van der Waals surface area contributed by atoms with E-state index >= 15 is 0 Å². The average Bonchev–Trinajstić information content (AvgIpc) is 2.47. The Morgan fingerprint density at radius 3 is 2.71 bits per heavy atom. The molecule has 0 saturated carbocycles. The van der Waals surface area contributed by atoms with E-state index in [1.807, 2.05) is 30.3 Å². The minimum atomic E-state index is -0.365. The van der Waals surface area contributed by atoms with Gasteiger partial charge in [-0.15, -0.1) is 0 Å². The van der Waals surface area contributed by atoms with Gasteiger partial charge in [-0.05, 0) is 37.1 Å². The van der Waals surface area contributed by atoms with E-state index in [0.717, 1.165) is 35.4 Å². The van der Waals surface area contributed by atoms with Crippen LogP contribution in [-0.4, -0.2) is 16.7 Å². The molecule has 0 amide bonds. The molecule has 0 radical (unpaired) electrons. The largest absolute Gasteiger partial charge is 0.426 e. The number of benzene rings is 1. The molecule has 1 aliphatic carbocycles. The molecule has 4 heteroatoms. The van der Waals surface area contributed by atoms with E-state index in [0.29, 0.717) is 12.2 Å². The van der Waals surface area contributed by atoms with Gasteiger partial charge in [0.1, 0.15) is 5.75 Å². The number of carbonyl (C=O) groups is 2. The van der Waals surface area contributed by atoms with Gasteiger partial charge in [0.2, 0.25) is 0 Å². The lowest BCUT2D eigenvalue weighted by atomic mass is 9.94. The number of pyridine rings is 1. The number of para-hydroxylation sites is 1. The number of hydrogen-bond donors (Lipinski definition) is 0. The van der Waals surface area contributed by atoms with Crippen molar-refractivity contribution in [2.24, 2.45) is 0 Å². The van der Waals surface area contributed by atoms with Gasteiger partial charge < -0.3 is 4.74 Å². The first-order valence-electron chi connectivity index (χ1n) is 6.96. The molecule has 1 aliphatic rings. The van der Waals surface area contributed by atoms with Gasteiger partial charge in [0.25, 0.3) is 0 Å². The molecule has 0 aliphatic heterocycles. The quantitative estimate of drug-likeness (QED) is 0.626. The Morgan fingerprint density at radius 2 is 1.90 bits per heavy atom. The number of carbonyl (C=O) groups excluding carboxylic acids is 2. The molecule has 0 fully saturated rings. The molecule has 0 saturated heterocycles. The number of fused-ring (bicyclic) bond motifs is 1. The summed E-state index contributed by atoms with van der Waals surface area (Å²) in [6.07, 6.45) is 2.25. The fraction of sp³-hybridized carbons (Fsp3) is 0.235. The summed E-state index contributed by atoms with van der Waals surface area (Å²) < 4.78 is 5.22. The van der Waals surface area contributed by atoms with Crippen LogP contribution in [0, 0.1) is 0 Å². The second-order valence-corrected chi connectivity index (χ2v) is 5.06. The van der Waals surface area contributed by atoms with E-state index in [-0.39, 0.29) is 11.8 Å². The third kappa shape index (κ3) is 2.70. The molecule has 3 rings (SSSR count). The zero-order chi connectivity index (χ0) is 14.8. The maximum absolute atomic E-state index is 11.8. The molecule has 21 heavy (non-hydrogen) atoms. The predicted molar refractivity (Wildman–Crippen MR) is 78.3 cm³/mol. The van der Waals surface area contributed by atoms with Gasteiger partial charge in [-0.2, -0.15) is 0 Å². The van der Waals surface area contributed by atoms with E-state index in [1.54, 1.807) is 6.07 Å². The van der Waals surface area contributed by atoms with Gasteiger partial charge >= 0.3 is 5.97 Å². The minimum absolute atomic E-state index is 0.156. The van der Waals surface area contributed by atoms with Gasteiger partial charge in [0.05, 0.1) is 11.4 Å². The highest BCUT2D eigenvalue weighted by Crippen LogP contribution is 2.30. The van der Waals surface area contributed by atoms with Crippen LogP contribution in [0.2, 0.25) is 0 Å². The molecule has 0 bridgehead atoms. The second kappa shape index (κ2) is 5.48. The van der Waals surface area contributed by atoms with E-state index < -0.39 is 0 Å². The predicted octanol–water partition coefficient (Wildman–Crippen LogP) is 3.19. The molecular weight excluding hydrogens is 266 g/mol. The highest BCUT2D eigenvalue weighted by molar-refractivity contribution is 5.98. The highest BCUT2D eigenvalue weighted by Gasteiger charge is 2.19. The third-order valence-electron chi connectivity index (χ3n) is 3.51. The smallest absolute Gasteiger partial charge is 0.308 e. The highest BCUT2D eigenvalue weighted by atomic mass is 16.5. The Bertz CT molecular complexity index is 722. The lowest BCUT2D eigenvalue weighted by Gasteiger charge is -2.15. The van der Waals surface area contributed by atoms with Crippen molar-refractivity contribution < 1.29 is 14.3 Å².